The summed E-state index contributed by atoms with van der Waals surface area (Å²) in [5.74, 6) is -7.32. The van der Waals surface area contributed by atoms with Gasteiger partial charge in [-0.3, -0.25) is 0 Å². The third-order valence-corrected chi connectivity index (χ3v) is 13.3. The van der Waals surface area contributed by atoms with Gasteiger partial charge in [-0.05, 0) is 44.8 Å². The first-order valence-electron chi connectivity index (χ1n) is 8.26. The van der Waals surface area contributed by atoms with Crippen LogP contribution in [0.5, 0.6) is 0 Å². The molecule has 0 fully saturated rings. The first-order valence-corrected chi connectivity index (χ1v) is 16.3. The fraction of sp³-hybridized carbons (Fsp3) is 1.00. The topological polar surface area (TPSA) is 18.5 Å². The van der Waals surface area contributed by atoms with E-state index in [2.05, 4.69) is 0 Å². The molecule has 0 unspecified atom stereocenters. The first kappa shape index (κ1) is 29.7. The summed E-state index contributed by atoms with van der Waals surface area (Å²) >= 11 is 0. The summed E-state index contributed by atoms with van der Waals surface area (Å²) in [5, 5.41) is 0. The predicted molar refractivity (Wildman–Crippen MR) is 89.6 cm³/mol. The van der Waals surface area contributed by atoms with Gasteiger partial charge in [-0.25, -0.2) is 0 Å². The lowest BCUT2D eigenvalue weighted by Crippen LogP contribution is -2.50. The SMILES string of the molecule is C[Si](O[Si](C)(C)CC(C(F)(F)F)C(F)(F)F)O[Si](C)(C)CC(C(F)(F)F)C(F)(F)F. The summed E-state index contributed by atoms with van der Waals surface area (Å²) in [6.07, 6.45) is -22.4. The maximum atomic E-state index is 12.7. The lowest BCUT2D eigenvalue weighted by molar-refractivity contribution is -0.279. The van der Waals surface area contributed by atoms with Crippen molar-refractivity contribution >= 4 is 25.9 Å². The molecule has 1 radical (unpaired) electrons. The molecule has 0 aliphatic rings. The minimum atomic E-state index is -5.59. The molecular formula is C13H21F12O2Si3. The maximum Gasteiger partial charge on any atom is 0.400 e. The normalized spacial score (nSPS) is 15.6. The Hall–Kier alpha value is -0.269. The monoisotopic (exact) mass is 521 g/mol. The minimum absolute atomic E-state index is 1.04. The van der Waals surface area contributed by atoms with Gasteiger partial charge in [0.05, 0.1) is 0 Å². The van der Waals surface area contributed by atoms with E-state index >= 15 is 0 Å². The molecule has 0 heterocycles. The molecule has 0 rings (SSSR count). The van der Waals surface area contributed by atoms with Gasteiger partial charge in [0.1, 0.15) is 11.8 Å². The quantitative estimate of drug-likeness (QED) is 0.252. The molecule has 0 atom stereocenters. The van der Waals surface area contributed by atoms with Crippen LogP contribution in [0.25, 0.3) is 0 Å². The van der Waals surface area contributed by atoms with Crippen LogP contribution in [0.15, 0.2) is 0 Å². The molecule has 0 aromatic carbocycles. The zero-order chi connectivity index (χ0) is 24.6. The highest BCUT2D eigenvalue weighted by atomic mass is 28.4. The van der Waals surface area contributed by atoms with Gasteiger partial charge in [0.2, 0.25) is 0 Å². The van der Waals surface area contributed by atoms with Crippen LogP contribution in [-0.4, -0.2) is 50.6 Å². The van der Waals surface area contributed by atoms with Crippen molar-refractivity contribution in [1.82, 2.24) is 0 Å². The first-order chi connectivity index (χ1) is 12.8. The average Bonchev–Trinajstić information content (AvgIpc) is 2.36. The van der Waals surface area contributed by atoms with E-state index in [1.54, 1.807) is 0 Å². The molecule has 17 heteroatoms. The van der Waals surface area contributed by atoms with E-state index in [0.29, 0.717) is 0 Å². The van der Waals surface area contributed by atoms with E-state index in [0.717, 1.165) is 32.7 Å². The van der Waals surface area contributed by atoms with Crippen molar-refractivity contribution in [1.29, 1.82) is 0 Å². The zero-order valence-electron chi connectivity index (χ0n) is 16.4. The molecule has 0 aromatic rings. The highest BCUT2D eigenvalue weighted by Gasteiger charge is 2.60. The molecular weight excluding hydrogens is 500 g/mol. The summed E-state index contributed by atoms with van der Waals surface area (Å²) in [6.45, 7) is 5.27. The number of hydrogen-bond acceptors (Lipinski definition) is 2. The van der Waals surface area contributed by atoms with Crippen molar-refractivity contribution in [3.63, 3.8) is 0 Å². The number of hydrogen-bond donors (Lipinski definition) is 0. The number of halogens is 12. The summed E-state index contributed by atoms with van der Waals surface area (Å²) in [7, 11) is -10.1. The lowest BCUT2D eigenvalue weighted by Gasteiger charge is -2.36. The van der Waals surface area contributed by atoms with Crippen LogP contribution in [0.1, 0.15) is 0 Å². The van der Waals surface area contributed by atoms with Crippen molar-refractivity contribution in [2.75, 3.05) is 0 Å². The van der Waals surface area contributed by atoms with E-state index in [4.69, 9.17) is 8.23 Å². The van der Waals surface area contributed by atoms with Gasteiger partial charge in [0, 0.05) is 0 Å². The van der Waals surface area contributed by atoms with Crippen LogP contribution < -0.4 is 0 Å². The van der Waals surface area contributed by atoms with E-state index in [9.17, 15) is 52.7 Å². The molecule has 0 aromatic heterocycles. The van der Waals surface area contributed by atoms with Crippen molar-refractivity contribution in [3.05, 3.63) is 0 Å². The number of rotatable bonds is 8. The lowest BCUT2D eigenvalue weighted by atomic mass is 10.1. The van der Waals surface area contributed by atoms with Gasteiger partial charge < -0.3 is 8.23 Å². The Kier molecular flexibility index (Phi) is 9.22. The fourth-order valence-electron chi connectivity index (χ4n) is 2.70. The van der Waals surface area contributed by atoms with Crippen molar-refractivity contribution in [2.45, 2.75) is 69.5 Å². The second kappa shape index (κ2) is 9.30. The predicted octanol–water partition coefficient (Wildman–Crippen LogP) is 7.03. The summed E-state index contributed by atoms with van der Waals surface area (Å²) < 4.78 is 163. The van der Waals surface area contributed by atoms with Gasteiger partial charge in [0.25, 0.3) is 0 Å². The van der Waals surface area contributed by atoms with Crippen molar-refractivity contribution in [2.24, 2.45) is 11.8 Å². The smallest absolute Gasteiger partial charge is 0.400 e. The number of alkyl halides is 12. The van der Waals surface area contributed by atoms with Crippen LogP contribution in [0.4, 0.5) is 52.7 Å². The molecule has 30 heavy (non-hydrogen) atoms. The van der Waals surface area contributed by atoms with Crippen LogP contribution in [0.3, 0.4) is 0 Å². The van der Waals surface area contributed by atoms with E-state index in [1.165, 1.54) is 0 Å². The molecule has 0 spiro atoms. The fourth-order valence-corrected chi connectivity index (χ4v) is 13.0. The molecule has 0 N–H and O–H groups in total. The minimum Gasteiger partial charge on any atom is -0.436 e. The molecule has 0 saturated heterocycles. The largest absolute Gasteiger partial charge is 0.436 e. The van der Waals surface area contributed by atoms with Crippen molar-refractivity contribution in [3.8, 4) is 0 Å². The highest BCUT2D eigenvalue weighted by molar-refractivity contribution is 6.81. The third-order valence-electron chi connectivity index (χ3n) is 3.81. The van der Waals surface area contributed by atoms with Gasteiger partial charge in [-0.1, -0.05) is 0 Å². The maximum absolute atomic E-state index is 12.7. The molecule has 181 valence electrons. The molecule has 0 amide bonds. The average molecular weight is 522 g/mol. The summed E-state index contributed by atoms with van der Waals surface area (Å²) in [4.78, 5) is 0. The summed E-state index contributed by atoms with van der Waals surface area (Å²) in [6, 6.07) is -2.83. The second-order valence-electron chi connectivity index (χ2n) is 7.89. The Bertz CT molecular complexity index is 478. The molecule has 0 aliphatic heterocycles. The van der Waals surface area contributed by atoms with E-state index in [-0.39, 0.29) is 0 Å². The van der Waals surface area contributed by atoms with E-state index in [1.807, 2.05) is 0 Å². The molecule has 2 nitrogen and oxygen atoms in total. The van der Waals surface area contributed by atoms with Gasteiger partial charge >= 0.3 is 34.0 Å². The van der Waals surface area contributed by atoms with Gasteiger partial charge in [-0.2, -0.15) is 52.7 Å². The van der Waals surface area contributed by atoms with Crippen LogP contribution in [0, 0.1) is 11.8 Å². The Morgan fingerprint density at radius 3 is 0.933 bits per heavy atom. The van der Waals surface area contributed by atoms with Crippen LogP contribution in [0.2, 0.25) is 44.8 Å². The molecule has 0 saturated carbocycles. The third kappa shape index (κ3) is 10.4. The van der Waals surface area contributed by atoms with Crippen LogP contribution >= 0.6 is 0 Å². The molecule has 0 aliphatic carbocycles. The van der Waals surface area contributed by atoms with Gasteiger partial charge in [0.15, 0.2) is 16.6 Å². The van der Waals surface area contributed by atoms with Gasteiger partial charge in [-0.15, -0.1) is 0 Å². The second-order valence-corrected chi connectivity index (χ2v) is 18.4. The Morgan fingerprint density at radius 1 is 0.567 bits per heavy atom. The Labute approximate surface area is 169 Å². The Balaban J connectivity index is 5.30. The standard InChI is InChI=1S/C13H21F12O2Si3/c1-28(26-29(2,3)6-8(10(14,15)16)11(17,18)19)27-30(4,5)7-9(12(20,21)22)13(23,24)25/h8-9H,6-7H2,1-5H3. The highest BCUT2D eigenvalue weighted by Crippen LogP contribution is 2.45. The molecule has 0 bridgehead atoms. The zero-order valence-corrected chi connectivity index (χ0v) is 19.4. The van der Waals surface area contributed by atoms with Crippen molar-refractivity contribution < 1.29 is 60.9 Å². The van der Waals surface area contributed by atoms with Crippen LogP contribution in [-0.2, 0) is 8.23 Å². The Morgan fingerprint density at radius 2 is 0.767 bits per heavy atom. The summed E-state index contributed by atoms with van der Waals surface area (Å²) in [5.41, 5.74) is 0. The van der Waals surface area contributed by atoms with E-state index < -0.39 is 74.5 Å².